The van der Waals surface area contributed by atoms with Gasteiger partial charge in [-0.25, -0.2) is 4.98 Å². The Morgan fingerprint density at radius 3 is 2.75 bits per heavy atom. The summed E-state index contributed by atoms with van der Waals surface area (Å²) in [4.78, 5) is 25.1. The molecule has 2 atom stereocenters. The Morgan fingerprint density at radius 2 is 1.97 bits per heavy atom. The summed E-state index contributed by atoms with van der Waals surface area (Å²) < 4.78 is 5.90. The fraction of sp³-hybridized carbons (Fsp3) is 0.273. The molecule has 0 bridgehead atoms. The fourth-order valence-corrected chi connectivity index (χ4v) is 4.29. The second kappa shape index (κ2) is 8.20. The highest BCUT2D eigenvalue weighted by atomic mass is 35.5. The highest BCUT2D eigenvalue weighted by molar-refractivity contribution is 6.32. The number of halogens is 2. The van der Waals surface area contributed by atoms with Crippen molar-refractivity contribution < 1.29 is 9.53 Å². The first kappa shape index (κ1) is 20.9. The molecule has 0 aliphatic carbocycles. The Hall–Kier alpha value is -2.94. The van der Waals surface area contributed by atoms with Crippen LogP contribution in [0.5, 0.6) is 0 Å². The van der Waals surface area contributed by atoms with Gasteiger partial charge in [-0.3, -0.25) is 4.79 Å². The zero-order valence-electron chi connectivity index (χ0n) is 17.4. The number of nitrogens with one attached hydrogen (secondary N) is 1. The number of carbonyl (C=O) groups is 1. The maximum absolute atomic E-state index is 13.8. The third-order valence-corrected chi connectivity index (χ3v) is 6.27. The number of nitrogens with zero attached hydrogens (tertiary/aromatic N) is 5. The van der Waals surface area contributed by atoms with Crippen LogP contribution in [0, 0.1) is 6.92 Å². The van der Waals surface area contributed by atoms with Crippen molar-refractivity contribution in [3.8, 4) is 5.69 Å². The predicted octanol–water partition coefficient (Wildman–Crippen LogP) is 4.36. The molecule has 0 radical (unpaired) electrons. The van der Waals surface area contributed by atoms with Crippen molar-refractivity contribution in [2.24, 2.45) is 0 Å². The van der Waals surface area contributed by atoms with Crippen LogP contribution in [0.25, 0.3) is 16.7 Å². The van der Waals surface area contributed by atoms with Crippen molar-refractivity contribution in [2.75, 3.05) is 13.2 Å². The Morgan fingerprint density at radius 1 is 1.19 bits per heavy atom. The molecule has 1 fully saturated rings. The number of H-pyrrole nitrogens is 1. The number of ether oxygens (including phenoxy) is 1. The maximum Gasteiger partial charge on any atom is 0.256 e. The molecule has 32 heavy (non-hydrogen) atoms. The quantitative estimate of drug-likeness (QED) is 0.480. The lowest BCUT2D eigenvalue weighted by Gasteiger charge is -2.38. The average molecular weight is 471 g/mol. The second-order valence-corrected chi connectivity index (χ2v) is 8.63. The monoisotopic (exact) mass is 470 g/mol. The summed E-state index contributed by atoms with van der Waals surface area (Å²) in [6.07, 6.45) is 3.00. The topological polar surface area (TPSA) is 88.9 Å². The highest BCUT2D eigenvalue weighted by Crippen LogP contribution is 2.31. The van der Waals surface area contributed by atoms with Gasteiger partial charge in [0.1, 0.15) is 11.9 Å². The lowest BCUT2D eigenvalue weighted by molar-refractivity contribution is -0.0467. The van der Waals surface area contributed by atoms with Crippen LogP contribution < -0.4 is 0 Å². The Balaban J connectivity index is 1.58. The van der Waals surface area contributed by atoms with Crippen molar-refractivity contribution in [3.05, 3.63) is 69.7 Å². The summed E-state index contributed by atoms with van der Waals surface area (Å²) in [7, 11) is 0. The van der Waals surface area contributed by atoms with Gasteiger partial charge in [-0.15, -0.1) is 0 Å². The van der Waals surface area contributed by atoms with Gasteiger partial charge in [0.05, 0.1) is 47.4 Å². The van der Waals surface area contributed by atoms with E-state index >= 15 is 0 Å². The minimum atomic E-state index is -0.401. The predicted molar refractivity (Wildman–Crippen MR) is 121 cm³/mol. The number of morpholine rings is 1. The lowest BCUT2D eigenvalue weighted by atomic mass is 10.1. The number of benzene rings is 2. The van der Waals surface area contributed by atoms with Gasteiger partial charge in [0, 0.05) is 16.6 Å². The van der Waals surface area contributed by atoms with Gasteiger partial charge in [-0.05, 0) is 49.7 Å². The largest absolute Gasteiger partial charge is 0.374 e. The number of fused-ring (bicyclic) bond motifs is 1. The van der Waals surface area contributed by atoms with Gasteiger partial charge in [0.2, 0.25) is 0 Å². The van der Waals surface area contributed by atoms with E-state index in [1.807, 2.05) is 26.0 Å². The minimum Gasteiger partial charge on any atom is -0.374 e. The van der Waals surface area contributed by atoms with Crippen molar-refractivity contribution in [1.82, 2.24) is 29.9 Å². The van der Waals surface area contributed by atoms with Gasteiger partial charge < -0.3 is 14.6 Å². The first-order valence-corrected chi connectivity index (χ1v) is 10.9. The molecule has 1 aliphatic heterocycles. The van der Waals surface area contributed by atoms with Crippen LogP contribution in [0.1, 0.15) is 34.7 Å². The summed E-state index contributed by atoms with van der Waals surface area (Å²) in [6.45, 7) is 4.58. The average Bonchev–Trinajstić information content (AvgIpc) is 3.46. The molecule has 0 spiro atoms. The molecule has 0 unspecified atom stereocenters. The van der Waals surface area contributed by atoms with Crippen molar-refractivity contribution in [3.63, 3.8) is 0 Å². The van der Waals surface area contributed by atoms with Crippen molar-refractivity contribution in [1.29, 1.82) is 0 Å². The molecule has 1 saturated heterocycles. The lowest BCUT2D eigenvalue weighted by Crippen LogP contribution is -2.47. The van der Waals surface area contributed by atoms with Gasteiger partial charge in [-0.1, -0.05) is 23.2 Å². The van der Waals surface area contributed by atoms with E-state index in [2.05, 4.69) is 15.2 Å². The van der Waals surface area contributed by atoms with Crippen molar-refractivity contribution in [2.45, 2.75) is 26.0 Å². The van der Waals surface area contributed by atoms with E-state index in [0.717, 1.165) is 16.6 Å². The molecule has 1 amide bonds. The van der Waals surface area contributed by atoms with E-state index in [1.165, 1.54) is 4.80 Å². The number of amides is 1. The number of aromatic nitrogens is 5. The second-order valence-electron chi connectivity index (χ2n) is 7.79. The van der Waals surface area contributed by atoms with Crippen LogP contribution in [-0.4, -0.2) is 55.0 Å². The smallest absolute Gasteiger partial charge is 0.256 e. The molecule has 10 heteroatoms. The zero-order chi connectivity index (χ0) is 22.4. The molecule has 5 rings (SSSR count). The number of rotatable bonds is 3. The fourth-order valence-electron chi connectivity index (χ4n) is 3.97. The molecule has 0 saturated carbocycles. The summed E-state index contributed by atoms with van der Waals surface area (Å²) >= 11 is 12.5. The number of aryl methyl sites for hydroxylation is 1. The van der Waals surface area contributed by atoms with E-state index in [4.69, 9.17) is 32.9 Å². The normalized spacial score (nSPS) is 18.9. The zero-order valence-corrected chi connectivity index (χ0v) is 18.9. The maximum atomic E-state index is 13.8. The summed E-state index contributed by atoms with van der Waals surface area (Å²) in [5.74, 6) is 0.446. The molecule has 1 N–H and O–H groups in total. The van der Waals surface area contributed by atoms with Gasteiger partial charge >= 0.3 is 0 Å². The van der Waals surface area contributed by atoms with E-state index in [-0.39, 0.29) is 12.0 Å². The third-order valence-electron chi connectivity index (χ3n) is 5.63. The number of hydrogen-bond donors (Lipinski definition) is 1. The van der Waals surface area contributed by atoms with Crippen LogP contribution in [0.4, 0.5) is 0 Å². The van der Waals surface area contributed by atoms with Crippen LogP contribution in [0.15, 0.2) is 42.7 Å². The minimum absolute atomic E-state index is 0.124. The number of aromatic amines is 1. The Labute approximate surface area is 194 Å². The summed E-state index contributed by atoms with van der Waals surface area (Å²) in [5.41, 5.74) is 3.48. The summed E-state index contributed by atoms with van der Waals surface area (Å²) in [5, 5.41) is 9.46. The van der Waals surface area contributed by atoms with Crippen molar-refractivity contribution >= 4 is 40.1 Å². The van der Waals surface area contributed by atoms with Gasteiger partial charge in [0.25, 0.3) is 5.91 Å². The Bertz CT molecular complexity index is 1300. The summed E-state index contributed by atoms with van der Waals surface area (Å²) in [6, 6.07) is 8.41. The molecule has 164 valence electrons. The first-order chi connectivity index (χ1) is 15.4. The molecular formula is C22H20Cl2N6O2. The van der Waals surface area contributed by atoms with E-state index in [0.29, 0.717) is 40.3 Å². The molecule has 8 nitrogen and oxygen atoms in total. The molecule has 3 heterocycles. The third kappa shape index (κ3) is 3.64. The first-order valence-electron chi connectivity index (χ1n) is 10.2. The number of hydrogen-bond acceptors (Lipinski definition) is 5. The van der Waals surface area contributed by atoms with Crippen LogP contribution >= 0.6 is 23.2 Å². The Kier molecular flexibility index (Phi) is 5.36. The van der Waals surface area contributed by atoms with Crippen LogP contribution in [0.3, 0.4) is 0 Å². The standard InChI is InChI=1S/C22H20Cl2N6O2/c1-12-10-29(22(31)15-9-14(23)3-6-18(15)30-25-7-8-26-30)19(11-32-12)21-27-17-5-4-16(24)13(2)20(17)28-21/h3-9,12,19H,10-11H2,1-2H3,(H,27,28)/t12-,19-/m0/s1. The number of imidazole rings is 1. The van der Waals surface area contributed by atoms with Crippen LogP contribution in [0.2, 0.25) is 10.0 Å². The van der Waals surface area contributed by atoms with Gasteiger partial charge in [-0.2, -0.15) is 15.0 Å². The van der Waals surface area contributed by atoms with Crippen LogP contribution in [-0.2, 0) is 4.74 Å². The molecule has 1 aliphatic rings. The van der Waals surface area contributed by atoms with E-state index < -0.39 is 6.04 Å². The highest BCUT2D eigenvalue weighted by Gasteiger charge is 2.35. The number of carbonyl (C=O) groups excluding carboxylic acids is 1. The molecule has 2 aromatic heterocycles. The van der Waals surface area contributed by atoms with Gasteiger partial charge in [0.15, 0.2) is 0 Å². The molecule has 4 aromatic rings. The van der Waals surface area contributed by atoms with E-state index in [1.54, 1.807) is 35.5 Å². The SMILES string of the molecule is Cc1c(Cl)ccc2[nH]c([C@@H]3CO[C@@H](C)CN3C(=O)c3cc(Cl)ccc3-n3nccn3)nc12. The van der Waals surface area contributed by atoms with E-state index in [9.17, 15) is 4.79 Å². The molecular weight excluding hydrogens is 451 g/mol. The molecule has 2 aromatic carbocycles.